The van der Waals surface area contributed by atoms with E-state index in [0.717, 1.165) is 23.7 Å². The van der Waals surface area contributed by atoms with Crippen LogP contribution in [0.25, 0.3) is 0 Å². The quantitative estimate of drug-likeness (QED) is 0.846. The molecule has 0 amide bonds. The van der Waals surface area contributed by atoms with Gasteiger partial charge in [0.15, 0.2) is 11.5 Å². The SMILES string of the molecule is O=C(O)c1nccnc1NC1C2C3CCC(C3)C12. The smallest absolute Gasteiger partial charge is 0.358 e. The number of anilines is 1. The van der Waals surface area contributed by atoms with Crippen LogP contribution in [0.5, 0.6) is 0 Å². The van der Waals surface area contributed by atoms with E-state index in [4.69, 9.17) is 5.11 Å². The molecule has 18 heavy (non-hydrogen) atoms. The van der Waals surface area contributed by atoms with Gasteiger partial charge in [0.2, 0.25) is 0 Å². The number of aromatic nitrogens is 2. The number of nitrogens with one attached hydrogen (secondary N) is 1. The molecule has 3 saturated carbocycles. The molecule has 1 aromatic heterocycles. The zero-order chi connectivity index (χ0) is 12.3. The second kappa shape index (κ2) is 3.43. The third-order valence-electron chi connectivity index (χ3n) is 4.94. The molecule has 1 aromatic rings. The molecule has 5 heteroatoms. The van der Waals surface area contributed by atoms with E-state index in [1.807, 2.05) is 0 Å². The first-order valence-corrected chi connectivity index (χ1v) is 6.56. The normalized spacial score (nSPS) is 39.4. The van der Waals surface area contributed by atoms with Gasteiger partial charge in [0.1, 0.15) is 0 Å². The number of rotatable bonds is 3. The van der Waals surface area contributed by atoms with Gasteiger partial charge in [0, 0.05) is 18.4 Å². The Bertz CT molecular complexity index is 503. The summed E-state index contributed by atoms with van der Waals surface area (Å²) in [7, 11) is 0. The lowest BCUT2D eigenvalue weighted by Gasteiger charge is -2.11. The number of nitrogens with zero attached hydrogens (tertiary/aromatic N) is 2. The molecule has 5 nitrogen and oxygen atoms in total. The van der Waals surface area contributed by atoms with E-state index in [1.54, 1.807) is 6.20 Å². The molecule has 3 fully saturated rings. The highest BCUT2D eigenvalue weighted by atomic mass is 16.4. The zero-order valence-corrected chi connectivity index (χ0v) is 9.91. The molecule has 0 spiro atoms. The first-order valence-electron chi connectivity index (χ1n) is 6.56. The lowest BCUT2D eigenvalue weighted by Crippen LogP contribution is -2.17. The van der Waals surface area contributed by atoms with Gasteiger partial charge in [-0.05, 0) is 42.9 Å². The largest absolute Gasteiger partial charge is 0.476 e. The Labute approximate surface area is 105 Å². The summed E-state index contributed by atoms with van der Waals surface area (Å²) in [6.45, 7) is 0. The summed E-state index contributed by atoms with van der Waals surface area (Å²) in [6, 6.07) is 0.436. The zero-order valence-electron chi connectivity index (χ0n) is 9.91. The Morgan fingerprint density at radius 3 is 2.56 bits per heavy atom. The minimum atomic E-state index is -1.01. The average molecular weight is 245 g/mol. The lowest BCUT2D eigenvalue weighted by molar-refractivity contribution is 0.0691. The third-order valence-corrected chi connectivity index (χ3v) is 4.94. The van der Waals surface area contributed by atoms with E-state index in [9.17, 15) is 4.79 Å². The Balaban J connectivity index is 1.55. The molecule has 3 aliphatic carbocycles. The molecule has 2 N–H and O–H groups in total. The lowest BCUT2D eigenvalue weighted by atomic mass is 10.0. The number of carboxylic acid groups (broad SMARTS) is 1. The van der Waals surface area contributed by atoms with Crippen molar-refractivity contribution in [3.63, 3.8) is 0 Å². The molecular formula is C13H15N3O2. The van der Waals surface area contributed by atoms with Crippen LogP contribution in [-0.4, -0.2) is 27.1 Å². The number of aromatic carboxylic acids is 1. The van der Waals surface area contributed by atoms with Gasteiger partial charge in [-0.3, -0.25) is 0 Å². The van der Waals surface area contributed by atoms with Crippen molar-refractivity contribution in [2.75, 3.05) is 5.32 Å². The van der Waals surface area contributed by atoms with E-state index in [0.29, 0.717) is 11.9 Å². The van der Waals surface area contributed by atoms with Crippen molar-refractivity contribution >= 4 is 11.8 Å². The van der Waals surface area contributed by atoms with Crippen molar-refractivity contribution in [3.05, 3.63) is 18.1 Å². The standard InChI is InChI=1S/C13H15N3O2/c17-13(18)11-12(15-4-3-14-11)16-10-8-6-1-2-7(5-6)9(8)10/h3-4,6-10H,1-2,5H2,(H,15,16)(H,17,18). The number of hydrogen-bond donors (Lipinski definition) is 2. The molecule has 4 atom stereocenters. The fourth-order valence-electron chi connectivity index (χ4n) is 4.28. The van der Waals surface area contributed by atoms with Crippen LogP contribution in [0.15, 0.2) is 12.4 Å². The molecule has 0 radical (unpaired) electrons. The Hall–Kier alpha value is -1.65. The monoisotopic (exact) mass is 245 g/mol. The third kappa shape index (κ3) is 1.30. The number of hydrogen-bond acceptors (Lipinski definition) is 4. The average Bonchev–Trinajstić information content (AvgIpc) is 2.78. The van der Waals surface area contributed by atoms with Crippen molar-refractivity contribution in [1.82, 2.24) is 9.97 Å². The van der Waals surface area contributed by atoms with Crippen LogP contribution >= 0.6 is 0 Å². The summed E-state index contributed by atoms with van der Waals surface area (Å²) >= 11 is 0. The maximum Gasteiger partial charge on any atom is 0.358 e. The van der Waals surface area contributed by atoms with Gasteiger partial charge in [0.25, 0.3) is 0 Å². The van der Waals surface area contributed by atoms with Crippen molar-refractivity contribution < 1.29 is 9.90 Å². The second-order valence-electron chi connectivity index (χ2n) is 5.72. The number of carbonyl (C=O) groups is 1. The van der Waals surface area contributed by atoms with E-state index < -0.39 is 5.97 Å². The maximum absolute atomic E-state index is 11.1. The van der Waals surface area contributed by atoms with Crippen LogP contribution < -0.4 is 5.32 Å². The number of fused-ring (bicyclic) bond motifs is 5. The van der Waals surface area contributed by atoms with E-state index >= 15 is 0 Å². The van der Waals surface area contributed by atoms with E-state index in [2.05, 4.69) is 15.3 Å². The molecule has 0 aromatic carbocycles. The fourth-order valence-corrected chi connectivity index (χ4v) is 4.28. The highest BCUT2D eigenvalue weighted by molar-refractivity contribution is 5.90. The van der Waals surface area contributed by atoms with Gasteiger partial charge in [-0.2, -0.15) is 0 Å². The second-order valence-corrected chi connectivity index (χ2v) is 5.72. The summed E-state index contributed by atoms with van der Waals surface area (Å²) in [4.78, 5) is 19.1. The maximum atomic E-state index is 11.1. The highest BCUT2D eigenvalue weighted by Crippen LogP contribution is 2.66. The summed E-state index contributed by atoms with van der Waals surface area (Å²) in [5.41, 5.74) is 0.0369. The van der Waals surface area contributed by atoms with Crippen molar-refractivity contribution in [2.24, 2.45) is 23.7 Å². The van der Waals surface area contributed by atoms with Crippen molar-refractivity contribution in [1.29, 1.82) is 0 Å². The highest BCUT2D eigenvalue weighted by Gasteiger charge is 2.65. The van der Waals surface area contributed by atoms with Gasteiger partial charge in [-0.25, -0.2) is 14.8 Å². The topological polar surface area (TPSA) is 75.1 Å². The Kier molecular flexibility index (Phi) is 1.96. The van der Waals surface area contributed by atoms with E-state index in [-0.39, 0.29) is 5.69 Å². The first kappa shape index (κ1) is 10.3. The van der Waals surface area contributed by atoms with Gasteiger partial charge in [0.05, 0.1) is 0 Å². The Morgan fingerprint density at radius 2 is 1.89 bits per heavy atom. The van der Waals surface area contributed by atoms with Crippen LogP contribution in [0.2, 0.25) is 0 Å². The molecular weight excluding hydrogens is 230 g/mol. The molecule has 94 valence electrons. The predicted molar refractivity (Wildman–Crippen MR) is 64.2 cm³/mol. The fraction of sp³-hybridized carbons (Fsp3) is 0.615. The molecule has 4 unspecified atom stereocenters. The summed E-state index contributed by atoms with van der Waals surface area (Å²) in [5, 5.41) is 12.4. The Morgan fingerprint density at radius 1 is 1.22 bits per heavy atom. The van der Waals surface area contributed by atoms with Crippen LogP contribution in [0.4, 0.5) is 5.82 Å². The van der Waals surface area contributed by atoms with Crippen molar-refractivity contribution in [3.8, 4) is 0 Å². The number of carboxylic acids is 1. The van der Waals surface area contributed by atoms with Crippen molar-refractivity contribution in [2.45, 2.75) is 25.3 Å². The van der Waals surface area contributed by atoms with Gasteiger partial charge in [-0.15, -0.1) is 0 Å². The molecule has 3 aliphatic rings. The predicted octanol–water partition coefficient (Wildman–Crippen LogP) is 1.63. The summed E-state index contributed by atoms with van der Waals surface area (Å²) in [5.74, 6) is 2.66. The first-order chi connectivity index (χ1) is 8.75. The van der Waals surface area contributed by atoms with Crippen LogP contribution in [0.3, 0.4) is 0 Å². The molecule has 0 aliphatic heterocycles. The van der Waals surface area contributed by atoms with Crippen LogP contribution in [0, 0.1) is 23.7 Å². The minimum Gasteiger partial charge on any atom is -0.476 e. The van der Waals surface area contributed by atoms with Gasteiger partial charge < -0.3 is 10.4 Å². The van der Waals surface area contributed by atoms with Gasteiger partial charge >= 0.3 is 5.97 Å². The van der Waals surface area contributed by atoms with E-state index in [1.165, 1.54) is 25.5 Å². The van der Waals surface area contributed by atoms with Crippen LogP contribution in [-0.2, 0) is 0 Å². The molecule has 0 saturated heterocycles. The van der Waals surface area contributed by atoms with Gasteiger partial charge in [-0.1, -0.05) is 0 Å². The minimum absolute atomic E-state index is 0.0369. The molecule has 1 heterocycles. The molecule has 2 bridgehead atoms. The molecule has 4 rings (SSSR count). The van der Waals surface area contributed by atoms with Crippen LogP contribution in [0.1, 0.15) is 29.8 Å². The summed E-state index contributed by atoms with van der Waals surface area (Å²) < 4.78 is 0. The summed E-state index contributed by atoms with van der Waals surface area (Å²) in [6.07, 6.45) is 7.07.